The first kappa shape index (κ1) is 15.5. The third kappa shape index (κ3) is 4.29. The molecule has 0 fully saturated rings. The maximum atomic E-state index is 12.2. The molecule has 0 saturated carbocycles. The lowest BCUT2D eigenvalue weighted by atomic mass is 10.0. The summed E-state index contributed by atoms with van der Waals surface area (Å²) in [5, 5.41) is 18.5. The highest BCUT2D eigenvalue weighted by molar-refractivity contribution is 6.30. The van der Waals surface area contributed by atoms with E-state index >= 15 is 0 Å². The molecule has 0 aliphatic heterocycles. The molecule has 0 spiro atoms. The maximum Gasteiger partial charge on any atom is 0.193 e. The van der Waals surface area contributed by atoms with Gasteiger partial charge in [-0.15, -0.1) is 0 Å². The quantitative estimate of drug-likeness (QED) is 0.804. The molecule has 0 aromatic heterocycles. The van der Waals surface area contributed by atoms with Crippen molar-refractivity contribution in [2.24, 2.45) is 0 Å². The van der Waals surface area contributed by atoms with Crippen molar-refractivity contribution >= 4 is 17.4 Å². The Morgan fingerprint density at radius 2 is 1.57 bits per heavy atom. The predicted molar refractivity (Wildman–Crippen MR) is 79.9 cm³/mol. The fourth-order valence-electron chi connectivity index (χ4n) is 1.72. The molecule has 1 atom stereocenters. The van der Waals surface area contributed by atoms with Crippen LogP contribution >= 0.6 is 11.6 Å². The smallest absolute Gasteiger partial charge is 0.193 e. The van der Waals surface area contributed by atoms with Gasteiger partial charge < -0.3 is 14.9 Å². The Bertz CT molecular complexity index is 593. The number of ether oxygens (including phenoxy) is 1. The van der Waals surface area contributed by atoms with Gasteiger partial charge in [0.25, 0.3) is 0 Å². The summed E-state index contributed by atoms with van der Waals surface area (Å²) < 4.78 is 5.28. The lowest BCUT2D eigenvalue weighted by Crippen LogP contribution is -2.21. The molecule has 0 amide bonds. The Morgan fingerprint density at radius 3 is 2.10 bits per heavy atom. The van der Waals surface area contributed by atoms with Crippen molar-refractivity contribution in [1.29, 1.82) is 0 Å². The lowest BCUT2D eigenvalue weighted by molar-refractivity contribution is 0.0536. The van der Waals surface area contributed by atoms with Crippen LogP contribution in [-0.2, 0) is 0 Å². The van der Waals surface area contributed by atoms with Crippen LogP contribution in [0, 0.1) is 0 Å². The van der Waals surface area contributed by atoms with Crippen molar-refractivity contribution in [3.8, 4) is 5.75 Å². The van der Waals surface area contributed by atoms with Crippen LogP contribution in [0.2, 0.25) is 5.02 Å². The van der Waals surface area contributed by atoms with Gasteiger partial charge in [-0.3, -0.25) is 4.79 Å². The van der Waals surface area contributed by atoms with E-state index in [-0.39, 0.29) is 19.0 Å². The van der Waals surface area contributed by atoms with Gasteiger partial charge in [0.2, 0.25) is 0 Å². The average molecular weight is 307 g/mol. The van der Waals surface area contributed by atoms with Crippen LogP contribution in [-0.4, -0.2) is 35.3 Å². The van der Waals surface area contributed by atoms with E-state index in [0.29, 0.717) is 21.9 Å². The Morgan fingerprint density at radius 1 is 1.05 bits per heavy atom. The second-order valence-corrected chi connectivity index (χ2v) is 4.94. The standard InChI is InChI=1S/C16H15ClO4/c17-13-5-1-11(2-6-13)16(20)12-3-7-15(8-4-12)21-10-14(19)9-18/h1-8,14,18-19H,9-10H2. The molecule has 2 N–H and O–H groups in total. The average Bonchev–Trinajstić information content (AvgIpc) is 2.53. The molecule has 0 aliphatic carbocycles. The van der Waals surface area contributed by atoms with Crippen molar-refractivity contribution in [2.45, 2.75) is 6.10 Å². The molecular formula is C16H15ClO4. The largest absolute Gasteiger partial charge is 0.491 e. The second-order valence-electron chi connectivity index (χ2n) is 4.51. The third-order valence-corrected chi connectivity index (χ3v) is 3.13. The first-order valence-electron chi connectivity index (χ1n) is 6.42. The Kier molecular flexibility index (Phi) is 5.33. The van der Waals surface area contributed by atoms with Crippen LogP contribution in [0.4, 0.5) is 0 Å². The summed E-state index contributed by atoms with van der Waals surface area (Å²) >= 11 is 5.79. The van der Waals surface area contributed by atoms with Crippen molar-refractivity contribution in [3.63, 3.8) is 0 Å². The Balaban J connectivity index is 2.04. The van der Waals surface area contributed by atoms with Gasteiger partial charge in [-0.25, -0.2) is 0 Å². The van der Waals surface area contributed by atoms with Gasteiger partial charge in [0.15, 0.2) is 5.78 Å². The number of aliphatic hydroxyl groups is 2. The van der Waals surface area contributed by atoms with Crippen molar-refractivity contribution in [3.05, 3.63) is 64.7 Å². The molecule has 2 aromatic carbocycles. The number of hydrogen-bond donors (Lipinski definition) is 2. The van der Waals surface area contributed by atoms with Gasteiger partial charge >= 0.3 is 0 Å². The molecule has 0 radical (unpaired) electrons. The highest BCUT2D eigenvalue weighted by Gasteiger charge is 2.09. The second kappa shape index (κ2) is 7.22. The van der Waals surface area contributed by atoms with Crippen LogP contribution < -0.4 is 4.74 Å². The number of aliphatic hydroxyl groups excluding tert-OH is 2. The van der Waals surface area contributed by atoms with E-state index in [2.05, 4.69) is 0 Å². The molecule has 0 heterocycles. The molecule has 1 unspecified atom stereocenters. The summed E-state index contributed by atoms with van der Waals surface area (Å²) in [5.41, 5.74) is 1.09. The molecular weight excluding hydrogens is 292 g/mol. The van der Waals surface area contributed by atoms with E-state index in [9.17, 15) is 9.90 Å². The van der Waals surface area contributed by atoms with E-state index in [1.54, 1.807) is 48.5 Å². The number of halogens is 1. The first-order valence-corrected chi connectivity index (χ1v) is 6.80. The number of carbonyl (C=O) groups is 1. The number of ketones is 1. The maximum absolute atomic E-state index is 12.2. The summed E-state index contributed by atoms with van der Waals surface area (Å²) in [7, 11) is 0. The number of rotatable bonds is 6. The fraction of sp³-hybridized carbons (Fsp3) is 0.188. The SMILES string of the molecule is O=C(c1ccc(Cl)cc1)c1ccc(OCC(O)CO)cc1. The topological polar surface area (TPSA) is 66.8 Å². The zero-order valence-electron chi connectivity index (χ0n) is 11.2. The van der Waals surface area contributed by atoms with Crippen LogP contribution in [0.25, 0.3) is 0 Å². The highest BCUT2D eigenvalue weighted by Crippen LogP contribution is 2.17. The minimum Gasteiger partial charge on any atom is -0.491 e. The number of benzene rings is 2. The first-order chi connectivity index (χ1) is 10.1. The molecule has 0 bridgehead atoms. The van der Waals surface area contributed by atoms with Gasteiger partial charge in [0, 0.05) is 16.1 Å². The fourth-order valence-corrected chi connectivity index (χ4v) is 1.84. The molecule has 2 rings (SSSR count). The minimum atomic E-state index is -0.916. The van der Waals surface area contributed by atoms with Crippen LogP contribution in [0.3, 0.4) is 0 Å². The molecule has 110 valence electrons. The molecule has 0 saturated heterocycles. The normalized spacial score (nSPS) is 12.0. The van der Waals surface area contributed by atoms with Gasteiger partial charge in [-0.2, -0.15) is 0 Å². The van der Waals surface area contributed by atoms with Crippen molar-refractivity contribution in [1.82, 2.24) is 0 Å². The van der Waals surface area contributed by atoms with Gasteiger partial charge in [-0.1, -0.05) is 11.6 Å². The molecule has 2 aromatic rings. The molecule has 21 heavy (non-hydrogen) atoms. The summed E-state index contributed by atoms with van der Waals surface area (Å²) in [6.45, 7) is -0.353. The molecule has 0 aliphatic rings. The van der Waals surface area contributed by atoms with Gasteiger partial charge in [0.1, 0.15) is 18.5 Å². The number of carbonyl (C=O) groups excluding carboxylic acids is 1. The van der Waals surface area contributed by atoms with Crippen molar-refractivity contribution < 1.29 is 19.7 Å². The number of hydrogen-bond acceptors (Lipinski definition) is 4. The van der Waals surface area contributed by atoms with Crippen LogP contribution in [0.5, 0.6) is 5.75 Å². The summed E-state index contributed by atoms with van der Waals surface area (Å²) in [6.07, 6.45) is -0.916. The van der Waals surface area contributed by atoms with E-state index < -0.39 is 6.10 Å². The molecule has 5 heteroatoms. The lowest BCUT2D eigenvalue weighted by Gasteiger charge is -2.10. The van der Waals surface area contributed by atoms with Crippen LogP contribution in [0.15, 0.2) is 48.5 Å². The van der Waals surface area contributed by atoms with E-state index in [1.807, 2.05) is 0 Å². The zero-order valence-corrected chi connectivity index (χ0v) is 12.0. The van der Waals surface area contributed by atoms with E-state index in [1.165, 1.54) is 0 Å². The summed E-state index contributed by atoms with van der Waals surface area (Å²) in [5.74, 6) is 0.420. The predicted octanol–water partition coefficient (Wildman–Crippen LogP) is 2.30. The summed E-state index contributed by atoms with van der Waals surface area (Å²) in [4.78, 5) is 12.2. The van der Waals surface area contributed by atoms with Crippen molar-refractivity contribution in [2.75, 3.05) is 13.2 Å². The van der Waals surface area contributed by atoms with Gasteiger partial charge in [0.05, 0.1) is 6.61 Å². The monoisotopic (exact) mass is 306 g/mol. The van der Waals surface area contributed by atoms with E-state index in [4.69, 9.17) is 21.4 Å². The Hall–Kier alpha value is -1.88. The third-order valence-electron chi connectivity index (χ3n) is 2.88. The Labute approximate surface area is 127 Å². The van der Waals surface area contributed by atoms with Crippen LogP contribution in [0.1, 0.15) is 15.9 Å². The summed E-state index contributed by atoms with van der Waals surface area (Å²) in [6, 6.07) is 13.3. The van der Waals surface area contributed by atoms with E-state index in [0.717, 1.165) is 0 Å². The molecule has 4 nitrogen and oxygen atoms in total. The zero-order chi connectivity index (χ0) is 15.2. The highest BCUT2D eigenvalue weighted by atomic mass is 35.5. The minimum absolute atomic E-state index is 0.000970. The van der Waals surface area contributed by atoms with Gasteiger partial charge in [-0.05, 0) is 48.5 Å².